The summed E-state index contributed by atoms with van der Waals surface area (Å²) in [6.07, 6.45) is 3.93. The molecule has 4 heterocycles. The van der Waals surface area contributed by atoms with Gasteiger partial charge >= 0.3 is 5.69 Å². The monoisotopic (exact) mass is 675 g/mol. The van der Waals surface area contributed by atoms with E-state index in [1.807, 2.05) is 51.1 Å². The Bertz CT molecular complexity index is 1920. The second kappa shape index (κ2) is 16.8. The summed E-state index contributed by atoms with van der Waals surface area (Å²) in [6, 6.07) is 8.86. The number of rotatable bonds is 19. The number of nitrogens with zero attached hydrogens (tertiary/aromatic N) is 5. The van der Waals surface area contributed by atoms with Gasteiger partial charge in [0.05, 0.1) is 92.5 Å². The summed E-state index contributed by atoms with van der Waals surface area (Å²) < 4.78 is 30.6. The Balaban J connectivity index is 1.33. The number of benzene rings is 1. The molecule has 4 aromatic heterocycles. The summed E-state index contributed by atoms with van der Waals surface area (Å²) >= 11 is 0. The van der Waals surface area contributed by atoms with E-state index >= 15 is 0 Å². The van der Waals surface area contributed by atoms with E-state index in [0.29, 0.717) is 85.1 Å². The number of fused-ring (bicyclic) bond motifs is 3. The van der Waals surface area contributed by atoms with E-state index in [1.165, 1.54) is 4.57 Å². The Morgan fingerprint density at radius 3 is 2.41 bits per heavy atom. The van der Waals surface area contributed by atoms with Gasteiger partial charge in [0.25, 0.3) is 0 Å². The first kappa shape index (κ1) is 35.2. The number of carbonyl (C=O) groups is 2. The van der Waals surface area contributed by atoms with Crippen LogP contribution in [0.3, 0.4) is 0 Å². The summed E-state index contributed by atoms with van der Waals surface area (Å²) in [6.45, 7) is 8.32. The second-order valence-electron chi connectivity index (χ2n) is 11.2. The predicted molar refractivity (Wildman–Crippen MR) is 181 cm³/mol. The molecule has 0 bridgehead atoms. The standard InChI is InChI=1S/C34H41N7O8/c1-22-32(24(3)49-39-22)26-17-28-25(18-30(26)45-4)33-29(19-38-28)40(34(44)41(33)23(2)27-7-5-6-8-36-27)20-31(43)37-10-12-47-14-16-48-15-13-46-11-9-35-21-42/h5-8,17-19,21,23H,9-16,20H2,1-4H3,(H,35,42)(H,37,43). The van der Waals surface area contributed by atoms with Gasteiger partial charge in [-0.15, -0.1) is 0 Å². The summed E-state index contributed by atoms with van der Waals surface area (Å²) in [5.41, 5.74) is 4.36. The van der Waals surface area contributed by atoms with Crippen LogP contribution >= 0.6 is 0 Å². The second-order valence-corrected chi connectivity index (χ2v) is 11.2. The number of imidazole rings is 1. The van der Waals surface area contributed by atoms with Crippen molar-refractivity contribution in [2.75, 3.05) is 59.8 Å². The van der Waals surface area contributed by atoms with Crippen LogP contribution in [0.25, 0.3) is 33.1 Å². The van der Waals surface area contributed by atoms with E-state index < -0.39 is 6.04 Å². The molecule has 2 N–H and O–H groups in total. The zero-order valence-corrected chi connectivity index (χ0v) is 28.1. The minimum absolute atomic E-state index is 0.218. The van der Waals surface area contributed by atoms with Gasteiger partial charge in [-0.1, -0.05) is 11.2 Å². The topological polar surface area (TPSA) is 174 Å². The van der Waals surface area contributed by atoms with Gasteiger partial charge in [0.1, 0.15) is 18.1 Å². The molecular weight excluding hydrogens is 634 g/mol. The molecule has 2 amide bonds. The maximum absolute atomic E-state index is 14.1. The molecule has 1 atom stereocenters. The Hall–Kier alpha value is -5.12. The maximum atomic E-state index is 14.1. The summed E-state index contributed by atoms with van der Waals surface area (Å²) in [7, 11) is 1.58. The van der Waals surface area contributed by atoms with Crippen molar-refractivity contribution in [1.29, 1.82) is 0 Å². The van der Waals surface area contributed by atoms with Gasteiger partial charge in [0, 0.05) is 30.2 Å². The first-order valence-electron chi connectivity index (χ1n) is 16.0. The molecule has 0 aliphatic rings. The number of methoxy groups -OCH3 is 1. The number of amides is 2. The highest BCUT2D eigenvalue weighted by molar-refractivity contribution is 6.05. The molecule has 49 heavy (non-hydrogen) atoms. The molecule has 0 fully saturated rings. The maximum Gasteiger partial charge on any atom is 0.330 e. The largest absolute Gasteiger partial charge is 0.496 e. The Labute approximate surface area is 282 Å². The third-order valence-corrected chi connectivity index (χ3v) is 8.00. The SMILES string of the molecule is COc1cc2c(cc1-c1c(C)noc1C)ncc1c2n(C(C)c2ccccn2)c(=O)n1CC(=O)NCCOCCOCCOCCNC=O. The Kier molecular flexibility index (Phi) is 12.1. The van der Waals surface area contributed by atoms with Crippen molar-refractivity contribution >= 4 is 34.3 Å². The fourth-order valence-electron chi connectivity index (χ4n) is 5.67. The lowest BCUT2D eigenvalue weighted by Gasteiger charge is -2.15. The van der Waals surface area contributed by atoms with Crippen molar-refractivity contribution in [2.24, 2.45) is 0 Å². The van der Waals surface area contributed by atoms with Crippen molar-refractivity contribution in [3.8, 4) is 16.9 Å². The van der Waals surface area contributed by atoms with E-state index in [9.17, 15) is 14.4 Å². The third kappa shape index (κ3) is 8.13. The normalized spacial score (nSPS) is 12.0. The fraction of sp³-hybridized carbons (Fsp3) is 0.412. The average Bonchev–Trinajstić information content (AvgIpc) is 3.59. The van der Waals surface area contributed by atoms with Crippen LogP contribution in [0.2, 0.25) is 0 Å². The van der Waals surface area contributed by atoms with Crippen molar-refractivity contribution in [3.63, 3.8) is 0 Å². The highest BCUT2D eigenvalue weighted by Gasteiger charge is 2.25. The molecule has 0 spiro atoms. The number of pyridine rings is 2. The van der Waals surface area contributed by atoms with Crippen LogP contribution < -0.4 is 21.1 Å². The quantitative estimate of drug-likeness (QED) is 0.0973. The lowest BCUT2D eigenvalue weighted by molar-refractivity contribution is -0.122. The summed E-state index contributed by atoms with van der Waals surface area (Å²) in [4.78, 5) is 46.7. The van der Waals surface area contributed by atoms with Gasteiger partial charge in [0.15, 0.2) is 0 Å². The van der Waals surface area contributed by atoms with E-state index in [4.69, 9.17) is 28.5 Å². The van der Waals surface area contributed by atoms with E-state index in [2.05, 4.69) is 20.8 Å². The van der Waals surface area contributed by atoms with Crippen LogP contribution in [0.1, 0.15) is 30.1 Å². The first-order valence-corrected chi connectivity index (χ1v) is 16.0. The van der Waals surface area contributed by atoms with Crippen LogP contribution in [0.15, 0.2) is 52.0 Å². The van der Waals surface area contributed by atoms with Gasteiger partial charge in [0.2, 0.25) is 12.3 Å². The van der Waals surface area contributed by atoms with Crippen LogP contribution in [-0.2, 0) is 30.3 Å². The molecule has 0 aliphatic carbocycles. The molecule has 15 nitrogen and oxygen atoms in total. The molecule has 15 heteroatoms. The van der Waals surface area contributed by atoms with Crippen molar-refractivity contribution in [2.45, 2.75) is 33.4 Å². The van der Waals surface area contributed by atoms with Gasteiger partial charge in [-0.3, -0.25) is 28.7 Å². The van der Waals surface area contributed by atoms with Crippen LogP contribution in [0, 0.1) is 13.8 Å². The molecule has 0 aliphatic heterocycles. The van der Waals surface area contributed by atoms with Gasteiger partial charge in [-0.2, -0.15) is 0 Å². The highest BCUT2D eigenvalue weighted by atomic mass is 16.5. The summed E-state index contributed by atoms with van der Waals surface area (Å²) in [5, 5.41) is 10.1. The molecule has 0 saturated heterocycles. The number of nitrogens with one attached hydrogen (secondary N) is 2. The molecule has 5 rings (SSSR count). The van der Waals surface area contributed by atoms with Crippen LogP contribution in [0.4, 0.5) is 0 Å². The lowest BCUT2D eigenvalue weighted by Crippen LogP contribution is -2.35. The first-order chi connectivity index (χ1) is 23.8. The lowest BCUT2D eigenvalue weighted by atomic mass is 10.00. The predicted octanol–water partition coefficient (Wildman–Crippen LogP) is 2.55. The van der Waals surface area contributed by atoms with E-state index in [-0.39, 0.29) is 31.3 Å². The smallest absolute Gasteiger partial charge is 0.330 e. The Morgan fingerprint density at radius 1 is 1.02 bits per heavy atom. The van der Waals surface area contributed by atoms with Gasteiger partial charge in [-0.05, 0) is 45.0 Å². The average molecular weight is 676 g/mol. The molecule has 1 unspecified atom stereocenters. The minimum atomic E-state index is -0.457. The van der Waals surface area contributed by atoms with Crippen molar-refractivity contribution in [1.82, 2.24) is 34.9 Å². The number of carbonyl (C=O) groups excluding carboxylic acids is 2. The minimum Gasteiger partial charge on any atom is -0.496 e. The van der Waals surface area contributed by atoms with Crippen molar-refractivity contribution < 1.29 is 33.1 Å². The van der Waals surface area contributed by atoms with Crippen LogP contribution in [0.5, 0.6) is 5.75 Å². The molecule has 1 aromatic carbocycles. The molecule has 260 valence electrons. The number of aromatic nitrogens is 5. The zero-order chi connectivity index (χ0) is 34.8. The number of hydrogen-bond donors (Lipinski definition) is 2. The fourth-order valence-corrected chi connectivity index (χ4v) is 5.67. The van der Waals surface area contributed by atoms with Gasteiger partial charge in [-0.25, -0.2) is 4.79 Å². The van der Waals surface area contributed by atoms with Gasteiger partial charge < -0.3 is 34.1 Å². The van der Waals surface area contributed by atoms with Crippen LogP contribution in [-0.4, -0.2) is 96.4 Å². The number of hydrogen-bond acceptors (Lipinski definition) is 11. The van der Waals surface area contributed by atoms with E-state index in [1.54, 1.807) is 24.1 Å². The third-order valence-electron chi connectivity index (χ3n) is 8.00. The van der Waals surface area contributed by atoms with E-state index in [0.717, 1.165) is 16.8 Å². The number of aryl methyl sites for hydroxylation is 2. The zero-order valence-electron chi connectivity index (χ0n) is 28.1. The molecular formula is C34H41N7O8. The molecule has 0 radical (unpaired) electrons. The highest BCUT2D eigenvalue weighted by Crippen LogP contribution is 2.39. The van der Waals surface area contributed by atoms with Crippen molar-refractivity contribution in [3.05, 3.63) is 70.4 Å². The molecule has 5 aromatic rings. The Morgan fingerprint density at radius 2 is 1.76 bits per heavy atom. The number of ether oxygens (including phenoxy) is 4. The molecule has 0 saturated carbocycles. The summed E-state index contributed by atoms with van der Waals surface area (Å²) in [5.74, 6) is 0.864.